The van der Waals surface area contributed by atoms with E-state index in [-0.39, 0.29) is 17.3 Å². The summed E-state index contributed by atoms with van der Waals surface area (Å²) in [5.74, 6) is -0.0536. The van der Waals surface area contributed by atoms with Gasteiger partial charge in [-0.1, -0.05) is 0 Å². The molecule has 0 aliphatic carbocycles. The predicted octanol–water partition coefficient (Wildman–Crippen LogP) is 3.60. The molecular weight excluding hydrogens is 368 g/mol. The number of nitrogens with zero attached hydrogens (tertiary/aromatic N) is 2. The Hall–Kier alpha value is -2.74. The summed E-state index contributed by atoms with van der Waals surface area (Å²) < 4.78 is 10.9. The van der Waals surface area contributed by atoms with Crippen molar-refractivity contribution in [3.8, 4) is 0 Å². The quantitative estimate of drug-likeness (QED) is 0.353. The first-order valence-corrected chi connectivity index (χ1v) is 7.26. The second-order valence-corrected chi connectivity index (χ2v) is 5.52. The number of nitro benzene ring substituents is 1. The predicted molar refractivity (Wildman–Crippen MR) is 84.8 cm³/mol. The zero-order valence-electron chi connectivity index (χ0n) is 11.8. The zero-order valence-corrected chi connectivity index (χ0v) is 13.4. The third-order valence-corrected chi connectivity index (χ3v) is 3.56. The van der Waals surface area contributed by atoms with E-state index in [1.165, 1.54) is 18.2 Å². The van der Waals surface area contributed by atoms with E-state index in [9.17, 15) is 14.9 Å². The third kappa shape index (κ3) is 3.07. The number of aliphatic imine (C=N–C) groups is 1. The van der Waals surface area contributed by atoms with Gasteiger partial charge >= 0.3 is 5.97 Å². The molecule has 2 heterocycles. The van der Waals surface area contributed by atoms with Crippen LogP contribution in [0.2, 0.25) is 0 Å². The lowest BCUT2D eigenvalue weighted by atomic mass is 10.1. The van der Waals surface area contributed by atoms with Gasteiger partial charge in [-0.15, -0.1) is 0 Å². The van der Waals surface area contributed by atoms with E-state index in [1.807, 2.05) is 0 Å². The molecule has 1 aromatic carbocycles. The second-order valence-electron chi connectivity index (χ2n) is 4.74. The number of carbonyl (C=O) groups excluding carboxylic acids is 1. The number of esters is 1. The van der Waals surface area contributed by atoms with Crippen LogP contribution in [0.5, 0.6) is 0 Å². The first-order valence-electron chi connectivity index (χ1n) is 6.47. The van der Waals surface area contributed by atoms with Crippen molar-refractivity contribution in [1.29, 1.82) is 0 Å². The maximum atomic E-state index is 11.9. The minimum Gasteiger partial charge on any atom is -0.450 e. The Morgan fingerprint density at radius 1 is 1.30 bits per heavy atom. The van der Waals surface area contributed by atoms with E-state index < -0.39 is 10.9 Å². The van der Waals surface area contributed by atoms with Crippen molar-refractivity contribution in [3.05, 3.63) is 67.7 Å². The molecule has 0 saturated heterocycles. The molecule has 1 aromatic heterocycles. The van der Waals surface area contributed by atoms with E-state index >= 15 is 0 Å². The molecule has 0 radical (unpaired) electrons. The maximum Gasteiger partial charge on any atom is 0.363 e. The largest absolute Gasteiger partial charge is 0.450 e. The van der Waals surface area contributed by atoms with E-state index in [0.29, 0.717) is 21.6 Å². The van der Waals surface area contributed by atoms with Crippen LogP contribution < -0.4 is 0 Å². The van der Waals surface area contributed by atoms with Crippen molar-refractivity contribution in [2.45, 2.75) is 6.92 Å². The molecule has 0 N–H and O–H groups in total. The molecule has 1 aliphatic heterocycles. The standard InChI is InChI=1S/C15H9BrN2O5/c1-8-6-9(2-4-12(8)18(20)21)14-17-11(15(19)23-14)7-10-3-5-13(16)22-10/h2-7H,1H3/b11-7-. The van der Waals surface area contributed by atoms with Crippen LogP contribution in [-0.2, 0) is 9.53 Å². The van der Waals surface area contributed by atoms with Crippen LogP contribution in [0.15, 0.2) is 50.1 Å². The third-order valence-electron chi connectivity index (χ3n) is 3.13. The summed E-state index contributed by atoms with van der Waals surface area (Å²) in [5.41, 5.74) is 1.04. The lowest BCUT2D eigenvalue weighted by molar-refractivity contribution is -0.385. The van der Waals surface area contributed by atoms with Gasteiger partial charge in [0.25, 0.3) is 5.69 Å². The van der Waals surface area contributed by atoms with Gasteiger partial charge in [0.1, 0.15) is 5.76 Å². The first kappa shape index (κ1) is 15.2. The molecule has 0 saturated carbocycles. The van der Waals surface area contributed by atoms with Crippen LogP contribution in [0, 0.1) is 17.0 Å². The highest BCUT2D eigenvalue weighted by molar-refractivity contribution is 9.10. The van der Waals surface area contributed by atoms with Crippen LogP contribution in [-0.4, -0.2) is 16.8 Å². The molecule has 1 aliphatic rings. The summed E-state index contributed by atoms with van der Waals surface area (Å²) >= 11 is 3.17. The summed E-state index contributed by atoms with van der Waals surface area (Å²) in [4.78, 5) is 26.3. The normalized spacial score (nSPS) is 15.7. The molecule has 0 fully saturated rings. The molecule has 0 atom stereocenters. The Morgan fingerprint density at radius 3 is 2.70 bits per heavy atom. The number of carbonyl (C=O) groups is 1. The summed E-state index contributed by atoms with van der Waals surface area (Å²) in [5, 5.41) is 10.8. The van der Waals surface area contributed by atoms with Crippen molar-refractivity contribution in [3.63, 3.8) is 0 Å². The smallest absolute Gasteiger partial charge is 0.363 e. The molecule has 116 valence electrons. The lowest BCUT2D eigenvalue weighted by Gasteiger charge is -2.01. The maximum absolute atomic E-state index is 11.9. The van der Waals surface area contributed by atoms with Crippen LogP contribution in [0.3, 0.4) is 0 Å². The van der Waals surface area contributed by atoms with Crippen molar-refractivity contribution in [2.24, 2.45) is 4.99 Å². The molecule has 0 bridgehead atoms. The molecule has 3 rings (SSSR count). The average molecular weight is 377 g/mol. The SMILES string of the molecule is Cc1cc(C2=N/C(=C\c3ccc(Br)o3)C(=O)O2)ccc1[N+](=O)[O-]. The van der Waals surface area contributed by atoms with Gasteiger partial charge in [-0.2, -0.15) is 0 Å². The fraction of sp³-hybridized carbons (Fsp3) is 0.0667. The number of nitro groups is 1. The molecule has 2 aromatic rings. The number of hydrogen-bond acceptors (Lipinski definition) is 6. The number of benzene rings is 1. The highest BCUT2D eigenvalue weighted by Gasteiger charge is 2.25. The first-order chi connectivity index (χ1) is 10.9. The molecular formula is C15H9BrN2O5. The fourth-order valence-corrected chi connectivity index (χ4v) is 2.39. The zero-order chi connectivity index (χ0) is 16.6. The summed E-state index contributed by atoms with van der Waals surface area (Å²) in [6, 6.07) is 7.76. The van der Waals surface area contributed by atoms with Gasteiger partial charge in [-0.25, -0.2) is 9.79 Å². The van der Waals surface area contributed by atoms with Gasteiger partial charge in [0, 0.05) is 23.3 Å². The monoisotopic (exact) mass is 376 g/mol. The van der Waals surface area contributed by atoms with Crippen molar-refractivity contribution >= 4 is 39.6 Å². The van der Waals surface area contributed by atoms with Crippen molar-refractivity contribution < 1.29 is 18.9 Å². The van der Waals surface area contributed by atoms with Crippen LogP contribution in [0.4, 0.5) is 5.69 Å². The van der Waals surface area contributed by atoms with Crippen molar-refractivity contribution in [1.82, 2.24) is 0 Å². The van der Waals surface area contributed by atoms with Crippen LogP contribution >= 0.6 is 15.9 Å². The molecule has 23 heavy (non-hydrogen) atoms. The molecule has 7 nitrogen and oxygen atoms in total. The van der Waals surface area contributed by atoms with Gasteiger partial charge in [-0.05, 0) is 47.1 Å². The van der Waals surface area contributed by atoms with E-state index in [2.05, 4.69) is 20.9 Å². The van der Waals surface area contributed by atoms with E-state index in [0.717, 1.165) is 0 Å². The minimum absolute atomic E-state index is 0.00475. The number of ether oxygens (including phenoxy) is 1. The highest BCUT2D eigenvalue weighted by atomic mass is 79.9. The van der Waals surface area contributed by atoms with Crippen molar-refractivity contribution in [2.75, 3.05) is 0 Å². The molecule has 0 spiro atoms. The summed E-state index contributed by atoms with van der Waals surface area (Å²) in [7, 11) is 0. The summed E-state index contributed by atoms with van der Waals surface area (Å²) in [6.07, 6.45) is 1.46. The van der Waals surface area contributed by atoms with Gasteiger partial charge in [0.05, 0.1) is 4.92 Å². The summed E-state index contributed by atoms with van der Waals surface area (Å²) in [6.45, 7) is 1.61. The topological polar surface area (TPSA) is 94.9 Å². The number of aryl methyl sites for hydroxylation is 1. The Morgan fingerprint density at radius 2 is 2.09 bits per heavy atom. The second kappa shape index (κ2) is 5.81. The molecule has 8 heteroatoms. The molecule has 0 amide bonds. The van der Waals surface area contributed by atoms with E-state index in [4.69, 9.17) is 9.15 Å². The van der Waals surface area contributed by atoms with Crippen LogP contribution in [0.25, 0.3) is 6.08 Å². The van der Waals surface area contributed by atoms with E-state index in [1.54, 1.807) is 25.1 Å². The number of cyclic esters (lactones) is 1. The number of hydrogen-bond donors (Lipinski definition) is 0. The number of halogens is 1. The van der Waals surface area contributed by atoms with Gasteiger partial charge in [-0.3, -0.25) is 10.1 Å². The Labute approximate surface area is 138 Å². The van der Waals surface area contributed by atoms with Gasteiger partial charge in [0.2, 0.25) is 5.90 Å². The lowest BCUT2D eigenvalue weighted by Crippen LogP contribution is -2.06. The minimum atomic E-state index is -0.608. The average Bonchev–Trinajstić information content (AvgIpc) is 3.05. The fourth-order valence-electron chi connectivity index (χ4n) is 2.07. The van der Waals surface area contributed by atoms with Gasteiger partial charge in [0.15, 0.2) is 10.4 Å². The van der Waals surface area contributed by atoms with Crippen LogP contribution in [0.1, 0.15) is 16.9 Å². The Balaban J connectivity index is 1.94. The Kier molecular flexibility index (Phi) is 3.83. The molecule has 0 unspecified atom stereocenters. The number of rotatable bonds is 3. The Bertz CT molecular complexity index is 882. The highest BCUT2D eigenvalue weighted by Crippen LogP contribution is 2.24. The van der Waals surface area contributed by atoms with Gasteiger partial charge < -0.3 is 9.15 Å². The number of furan rings is 1.